The van der Waals surface area contributed by atoms with Gasteiger partial charge in [-0.05, 0) is 30.2 Å². The van der Waals surface area contributed by atoms with E-state index in [4.69, 9.17) is 0 Å². The van der Waals surface area contributed by atoms with Crippen molar-refractivity contribution in [2.24, 2.45) is 5.92 Å². The Bertz CT molecular complexity index is 398. The molecule has 0 aromatic heterocycles. The van der Waals surface area contributed by atoms with E-state index in [2.05, 4.69) is 21.2 Å². The largest absolute Gasteiger partial charge is 0.325 e. The minimum Gasteiger partial charge on any atom is -0.325 e. The number of halogens is 3. The molecule has 2 nitrogen and oxygen atoms in total. The Labute approximate surface area is 118 Å². The van der Waals surface area contributed by atoms with Crippen LogP contribution < -0.4 is 5.32 Å². The molecule has 0 heterocycles. The van der Waals surface area contributed by atoms with E-state index in [9.17, 15) is 13.6 Å². The van der Waals surface area contributed by atoms with Gasteiger partial charge in [-0.15, -0.1) is 0 Å². The van der Waals surface area contributed by atoms with Crippen molar-refractivity contribution in [3.63, 3.8) is 0 Å². The van der Waals surface area contributed by atoms with Crippen molar-refractivity contribution >= 4 is 39.3 Å². The molecule has 1 aromatic rings. The number of carbonyl (C=O) groups is 1. The van der Waals surface area contributed by atoms with Crippen molar-refractivity contribution in [1.29, 1.82) is 0 Å². The molecular weight excluding hydrogens is 324 g/mol. The van der Waals surface area contributed by atoms with Gasteiger partial charge in [-0.3, -0.25) is 4.79 Å². The maximum Gasteiger partial charge on any atom is 0.288 e. The number of rotatable bonds is 5. The molecule has 0 aliphatic carbocycles. The lowest BCUT2D eigenvalue weighted by Crippen LogP contribution is -2.26. The molecule has 0 fully saturated rings. The number of amides is 1. The summed E-state index contributed by atoms with van der Waals surface area (Å²) >= 11 is 3.78. The van der Waals surface area contributed by atoms with Gasteiger partial charge >= 0.3 is 0 Å². The molecule has 0 bridgehead atoms. The molecule has 1 N–H and O–H groups in total. The number of thioether (sulfide) groups is 1. The highest BCUT2D eigenvalue weighted by Gasteiger charge is 2.18. The zero-order chi connectivity index (χ0) is 13.7. The molecule has 0 saturated heterocycles. The summed E-state index contributed by atoms with van der Waals surface area (Å²) in [6.07, 6.45) is 0. The first-order valence-corrected chi connectivity index (χ1v) is 7.19. The van der Waals surface area contributed by atoms with Gasteiger partial charge in [0.15, 0.2) is 0 Å². The van der Waals surface area contributed by atoms with Crippen molar-refractivity contribution in [2.75, 3.05) is 5.32 Å². The van der Waals surface area contributed by atoms with Gasteiger partial charge < -0.3 is 5.32 Å². The molecule has 1 atom stereocenters. The monoisotopic (exact) mass is 337 g/mol. The van der Waals surface area contributed by atoms with Crippen LogP contribution in [0.3, 0.4) is 0 Å². The number of nitrogens with one attached hydrogen (secondary N) is 1. The zero-order valence-corrected chi connectivity index (χ0v) is 12.4. The third-order valence-electron chi connectivity index (χ3n) is 2.18. The highest BCUT2D eigenvalue weighted by Crippen LogP contribution is 2.26. The summed E-state index contributed by atoms with van der Waals surface area (Å²) in [6, 6.07) is 6.35. The van der Waals surface area contributed by atoms with Crippen LogP contribution in [0.2, 0.25) is 0 Å². The highest BCUT2D eigenvalue weighted by atomic mass is 79.9. The summed E-state index contributed by atoms with van der Waals surface area (Å²) in [5.74, 6) is -2.39. The second-order valence-corrected chi connectivity index (χ2v) is 6.09. The molecular formula is C12H14BrF2NOS. The molecule has 0 saturated carbocycles. The van der Waals surface area contributed by atoms with E-state index < -0.39 is 5.76 Å². The van der Waals surface area contributed by atoms with E-state index in [0.29, 0.717) is 22.3 Å². The quantitative estimate of drug-likeness (QED) is 0.638. The van der Waals surface area contributed by atoms with Crippen LogP contribution in [0.5, 0.6) is 0 Å². The summed E-state index contributed by atoms with van der Waals surface area (Å²) in [5.41, 5.74) is 0.601. The van der Waals surface area contributed by atoms with E-state index in [0.717, 1.165) is 0 Å². The predicted molar refractivity (Wildman–Crippen MR) is 74.5 cm³/mol. The van der Waals surface area contributed by atoms with E-state index in [1.165, 1.54) is 0 Å². The fourth-order valence-electron chi connectivity index (χ4n) is 1.23. The standard InChI is InChI=1S/C12H14BrF2NOS/c1-7(2)10(13)11(17)16-8-3-5-9(6-4-8)18-12(14)15/h3-7,10,12H,1-2H3,(H,16,17). The van der Waals surface area contributed by atoms with Gasteiger partial charge in [0.1, 0.15) is 0 Å². The Morgan fingerprint density at radius 3 is 2.28 bits per heavy atom. The average Bonchev–Trinajstić information content (AvgIpc) is 2.29. The summed E-state index contributed by atoms with van der Waals surface area (Å²) in [7, 11) is 0. The Balaban J connectivity index is 2.61. The Hall–Kier alpha value is -0.620. The van der Waals surface area contributed by atoms with Crippen LogP contribution in [-0.2, 0) is 4.79 Å². The molecule has 6 heteroatoms. The minimum atomic E-state index is -2.43. The molecule has 0 aliphatic rings. The van der Waals surface area contributed by atoms with Gasteiger partial charge in [-0.1, -0.05) is 41.5 Å². The summed E-state index contributed by atoms with van der Waals surface area (Å²) < 4.78 is 24.2. The molecule has 1 aromatic carbocycles. The number of hydrogen-bond acceptors (Lipinski definition) is 2. The average molecular weight is 338 g/mol. The van der Waals surface area contributed by atoms with Crippen LogP contribution in [0.25, 0.3) is 0 Å². The smallest absolute Gasteiger partial charge is 0.288 e. The minimum absolute atomic E-state index is 0.140. The predicted octanol–water partition coefficient (Wildman–Crippen LogP) is 4.36. The SMILES string of the molecule is CC(C)C(Br)C(=O)Nc1ccc(SC(F)F)cc1. The maximum absolute atomic E-state index is 12.1. The lowest BCUT2D eigenvalue weighted by molar-refractivity contribution is -0.116. The molecule has 0 radical (unpaired) electrons. The molecule has 1 amide bonds. The van der Waals surface area contributed by atoms with Gasteiger partial charge in [0, 0.05) is 10.6 Å². The molecule has 0 aliphatic heterocycles. The first-order valence-electron chi connectivity index (χ1n) is 5.40. The van der Waals surface area contributed by atoms with Crippen LogP contribution in [0.1, 0.15) is 13.8 Å². The molecule has 1 rings (SSSR count). The maximum atomic E-state index is 12.1. The lowest BCUT2D eigenvalue weighted by Gasteiger charge is -2.13. The Morgan fingerprint density at radius 1 is 1.28 bits per heavy atom. The van der Waals surface area contributed by atoms with Crippen molar-refractivity contribution < 1.29 is 13.6 Å². The summed E-state index contributed by atoms with van der Waals surface area (Å²) in [5, 5.41) is 2.72. The third kappa shape index (κ3) is 4.94. The van der Waals surface area contributed by atoms with Gasteiger partial charge in [0.05, 0.1) is 4.83 Å². The second kappa shape index (κ2) is 7.09. The topological polar surface area (TPSA) is 29.1 Å². The summed E-state index contributed by atoms with van der Waals surface area (Å²) in [4.78, 5) is 11.9. The van der Waals surface area contributed by atoms with Crippen molar-refractivity contribution in [2.45, 2.75) is 29.3 Å². The number of alkyl halides is 3. The lowest BCUT2D eigenvalue weighted by atomic mass is 10.1. The van der Waals surface area contributed by atoms with Crippen molar-refractivity contribution in [1.82, 2.24) is 0 Å². The van der Waals surface area contributed by atoms with E-state index in [1.54, 1.807) is 24.3 Å². The Kier molecular flexibility index (Phi) is 6.08. The Morgan fingerprint density at radius 2 is 1.83 bits per heavy atom. The van der Waals surface area contributed by atoms with Gasteiger partial charge in [0.2, 0.25) is 5.91 Å². The molecule has 0 spiro atoms. The first-order chi connectivity index (χ1) is 8.40. The van der Waals surface area contributed by atoms with Gasteiger partial charge in [-0.25, -0.2) is 0 Å². The first kappa shape index (κ1) is 15.4. The van der Waals surface area contributed by atoms with E-state index in [1.807, 2.05) is 13.8 Å². The van der Waals surface area contributed by atoms with Crippen LogP contribution in [0, 0.1) is 5.92 Å². The fourth-order valence-corrected chi connectivity index (χ4v) is 1.85. The second-order valence-electron chi connectivity index (χ2n) is 4.04. The van der Waals surface area contributed by atoms with Gasteiger partial charge in [-0.2, -0.15) is 8.78 Å². The number of carbonyl (C=O) groups excluding carboxylic acids is 1. The number of anilines is 1. The van der Waals surface area contributed by atoms with Crippen molar-refractivity contribution in [3.05, 3.63) is 24.3 Å². The zero-order valence-electron chi connectivity index (χ0n) is 9.99. The molecule has 18 heavy (non-hydrogen) atoms. The molecule has 100 valence electrons. The van der Waals surface area contributed by atoms with Crippen LogP contribution in [0.4, 0.5) is 14.5 Å². The fraction of sp³-hybridized carbons (Fsp3) is 0.417. The van der Waals surface area contributed by atoms with Gasteiger partial charge in [0.25, 0.3) is 5.76 Å². The highest BCUT2D eigenvalue weighted by molar-refractivity contribution is 9.10. The number of benzene rings is 1. The van der Waals surface area contributed by atoms with E-state index >= 15 is 0 Å². The summed E-state index contributed by atoms with van der Waals surface area (Å²) in [6.45, 7) is 3.86. The van der Waals surface area contributed by atoms with Crippen LogP contribution in [0.15, 0.2) is 29.2 Å². The normalized spacial score (nSPS) is 12.8. The van der Waals surface area contributed by atoms with E-state index in [-0.39, 0.29) is 16.7 Å². The third-order valence-corrected chi connectivity index (χ3v) is 4.38. The van der Waals surface area contributed by atoms with Crippen LogP contribution >= 0.6 is 27.7 Å². The van der Waals surface area contributed by atoms with Crippen LogP contribution in [-0.4, -0.2) is 16.5 Å². The number of hydrogen-bond donors (Lipinski definition) is 1. The molecule has 1 unspecified atom stereocenters. The van der Waals surface area contributed by atoms with Crippen molar-refractivity contribution in [3.8, 4) is 0 Å².